The van der Waals surface area contributed by atoms with E-state index < -0.39 is 51.7 Å². The first-order valence-corrected chi connectivity index (χ1v) is 6.53. The SMILES string of the molecule is CC(C)C(F)(CC(C)(C)C)c1c(F)c(F)c(F)c(F)c1F. The molecule has 21 heavy (non-hydrogen) atoms. The summed E-state index contributed by atoms with van der Waals surface area (Å²) in [7, 11) is 0. The summed E-state index contributed by atoms with van der Waals surface area (Å²) in [5.74, 6) is -11.7. The Balaban J connectivity index is 3.69. The molecule has 0 bridgehead atoms. The molecule has 1 aromatic rings. The Morgan fingerprint density at radius 1 is 0.762 bits per heavy atom. The van der Waals surface area contributed by atoms with Crippen molar-refractivity contribution in [2.24, 2.45) is 11.3 Å². The normalized spacial score (nSPS) is 15.4. The van der Waals surface area contributed by atoms with E-state index >= 15 is 4.39 Å². The van der Waals surface area contributed by atoms with Crippen LogP contribution in [0.25, 0.3) is 0 Å². The van der Waals surface area contributed by atoms with Crippen molar-refractivity contribution in [3.8, 4) is 0 Å². The van der Waals surface area contributed by atoms with Gasteiger partial charge < -0.3 is 0 Å². The maximum absolute atomic E-state index is 15.2. The monoisotopic (exact) mass is 312 g/mol. The van der Waals surface area contributed by atoms with Gasteiger partial charge in [0.1, 0.15) is 5.67 Å². The Morgan fingerprint density at radius 3 is 1.38 bits per heavy atom. The summed E-state index contributed by atoms with van der Waals surface area (Å²) in [6, 6.07) is 0. The summed E-state index contributed by atoms with van der Waals surface area (Å²) in [5, 5.41) is 0. The summed E-state index contributed by atoms with van der Waals surface area (Å²) in [4.78, 5) is 0. The summed E-state index contributed by atoms with van der Waals surface area (Å²) < 4.78 is 82.6. The zero-order chi connectivity index (χ0) is 16.7. The molecule has 0 spiro atoms. The number of hydrogen-bond acceptors (Lipinski definition) is 0. The van der Waals surface area contributed by atoms with E-state index in [-0.39, 0.29) is 6.42 Å². The number of hydrogen-bond donors (Lipinski definition) is 0. The average molecular weight is 312 g/mol. The molecule has 0 aliphatic carbocycles. The summed E-state index contributed by atoms with van der Waals surface area (Å²) >= 11 is 0. The second-order valence-corrected chi connectivity index (χ2v) is 6.70. The third kappa shape index (κ3) is 3.19. The molecule has 1 atom stereocenters. The molecule has 0 aromatic heterocycles. The molecule has 6 heteroatoms. The largest absolute Gasteiger partial charge is 0.238 e. The van der Waals surface area contributed by atoms with Gasteiger partial charge in [-0.3, -0.25) is 0 Å². The van der Waals surface area contributed by atoms with Crippen LogP contribution in [0.4, 0.5) is 26.3 Å². The molecular formula is C15H18F6. The van der Waals surface area contributed by atoms with E-state index in [0.29, 0.717) is 0 Å². The summed E-state index contributed by atoms with van der Waals surface area (Å²) in [6.45, 7) is 7.54. The smallest absolute Gasteiger partial charge is 0.200 e. The zero-order valence-electron chi connectivity index (χ0n) is 12.6. The molecule has 0 saturated heterocycles. The second-order valence-electron chi connectivity index (χ2n) is 6.70. The second kappa shape index (κ2) is 5.54. The van der Waals surface area contributed by atoms with Crippen molar-refractivity contribution in [3.63, 3.8) is 0 Å². The lowest BCUT2D eigenvalue weighted by molar-refractivity contribution is 0.0371. The van der Waals surface area contributed by atoms with Gasteiger partial charge in [-0.25, -0.2) is 26.3 Å². The van der Waals surface area contributed by atoms with Crippen molar-refractivity contribution in [1.29, 1.82) is 0 Å². The maximum atomic E-state index is 15.2. The van der Waals surface area contributed by atoms with Gasteiger partial charge in [0.15, 0.2) is 23.3 Å². The van der Waals surface area contributed by atoms with Crippen LogP contribution in [0.5, 0.6) is 0 Å². The average Bonchev–Trinajstić information content (AvgIpc) is 2.31. The molecule has 0 fully saturated rings. The van der Waals surface area contributed by atoms with Crippen LogP contribution in [0, 0.1) is 40.4 Å². The molecule has 120 valence electrons. The third-order valence-corrected chi connectivity index (χ3v) is 3.33. The van der Waals surface area contributed by atoms with Crippen LogP contribution in [0.2, 0.25) is 0 Å². The highest BCUT2D eigenvalue weighted by atomic mass is 19.2. The minimum absolute atomic E-state index is 0.379. The first-order valence-electron chi connectivity index (χ1n) is 6.53. The van der Waals surface area contributed by atoms with E-state index in [0.717, 1.165) is 0 Å². The molecule has 0 aliphatic heterocycles. The molecule has 1 rings (SSSR count). The molecule has 0 heterocycles. The van der Waals surface area contributed by atoms with Crippen LogP contribution >= 0.6 is 0 Å². The van der Waals surface area contributed by atoms with Gasteiger partial charge in [-0.15, -0.1) is 0 Å². The molecule has 1 aromatic carbocycles. The Kier molecular flexibility index (Phi) is 4.71. The molecule has 0 aliphatic rings. The fourth-order valence-corrected chi connectivity index (χ4v) is 2.32. The zero-order valence-corrected chi connectivity index (χ0v) is 12.6. The summed E-state index contributed by atoms with van der Waals surface area (Å²) in [6.07, 6.45) is -0.379. The lowest BCUT2D eigenvalue weighted by atomic mass is 9.73. The number of alkyl halides is 1. The van der Waals surface area contributed by atoms with E-state index in [2.05, 4.69) is 0 Å². The molecule has 0 nitrogen and oxygen atoms in total. The molecule has 0 N–H and O–H groups in total. The topological polar surface area (TPSA) is 0 Å². The molecule has 0 saturated carbocycles. The van der Waals surface area contributed by atoms with Crippen molar-refractivity contribution in [1.82, 2.24) is 0 Å². The van der Waals surface area contributed by atoms with Gasteiger partial charge in [-0.1, -0.05) is 34.6 Å². The molecular weight excluding hydrogens is 294 g/mol. The molecule has 1 unspecified atom stereocenters. The highest BCUT2D eigenvalue weighted by molar-refractivity contribution is 5.30. The standard InChI is InChI=1S/C15H18F6/c1-7(2)15(21,6-14(3,4)5)8-9(16)11(18)13(20)12(19)10(8)17/h7H,6H2,1-5H3. The van der Waals surface area contributed by atoms with E-state index in [1.807, 2.05) is 0 Å². The van der Waals surface area contributed by atoms with Crippen LogP contribution in [-0.4, -0.2) is 0 Å². The predicted octanol–water partition coefficient (Wildman–Crippen LogP) is 5.64. The van der Waals surface area contributed by atoms with E-state index in [4.69, 9.17) is 0 Å². The quantitative estimate of drug-likeness (QED) is 0.385. The van der Waals surface area contributed by atoms with Crippen LogP contribution in [0.3, 0.4) is 0 Å². The van der Waals surface area contributed by atoms with Crippen molar-refractivity contribution in [2.45, 2.75) is 46.7 Å². The lowest BCUT2D eigenvalue weighted by Gasteiger charge is -2.36. The third-order valence-electron chi connectivity index (χ3n) is 3.33. The van der Waals surface area contributed by atoms with Gasteiger partial charge in [-0.05, 0) is 17.8 Å². The number of rotatable bonds is 3. The minimum atomic E-state index is -2.66. The van der Waals surface area contributed by atoms with Gasteiger partial charge in [0.25, 0.3) is 0 Å². The van der Waals surface area contributed by atoms with Crippen molar-refractivity contribution in [3.05, 3.63) is 34.6 Å². The Labute approximate surface area is 120 Å². The highest BCUT2D eigenvalue weighted by Gasteiger charge is 2.46. The Bertz CT molecular complexity index is 515. The highest BCUT2D eigenvalue weighted by Crippen LogP contribution is 2.46. The molecule has 0 amide bonds. The Hall–Kier alpha value is -1.20. The van der Waals surface area contributed by atoms with E-state index in [1.165, 1.54) is 13.8 Å². The summed E-state index contributed by atoms with van der Waals surface area (Å²) in [5.41, 5.74) is -4.76. The first kappa shape index (κ1) is 17.9. The van der Waals surface area contributed by atoms with Gasteiger partial charge in [0, 0.05) is 0 Å². The van der Waals surface area contributed by atoms with Crippen molar-refractivity contribution >= 4 is 0 Å². The number of benzene rings is 1. The van der Waals surface area contributed by atoms with Crippen LogP contribution < -0.4 is 0 Å². The van der Waals surface area contributed by atoms with Gasteiger partial charge in [-0.2, -0.15) is 0 Å². The Morgan fingerprint density at radius 2 is 1.10 bits per heavy atom. The van der Waals surface area contributed by atoms with Crippen LogP contribution in [-0.2, 0) is 5.67 Å². The number of halogens is 6. The first-order chi connectivity index (χ1) is 9.33. The van der Waals surface area contributed by atoms with Crippen LogP contribution in [0.15, 0.2) is 0 Å². The fourth-order valence-electron chi connectivity index (χ4n) is 2.32. The fraction of sp³-hybridized carbons (Fsp3) is 0.600. The van der Waals surface area contributed by atoms with E-state index in [1.54, 1.807) is 20.8 Å². The van der Waals surface area contributed by atoms with Gasteiger partial charge in [0.2, 0.25) is 5.82 Å². The van der Waals surface area contributed by atoms with E-state index in [9.17, 15) is 22.0 Å². The maximum Gasteiger partial charge on any atom is 0.200 e. The predicted molar refractivity (Wildman–Crippen MR) is 67.9 cm³/mol. The minimum Gasteiger partial charge on any atom is -0.238 e. The van der Waals surface area contributed by atoms with Crippen molar-refractivity contribution in [2.75, 3.05) is 0 Å². The van der Waals surface area contributed by atoms with Crippen LogP contribution in [0.1, 0.15) is 46.6 Å². The molecule has 0 radical (unpaired) electrons. The van der Waals surface area contributed by atoms with Gasteiger partial charge in [0.05, 0.1) is 5.56 Å². The lowest BCUT2D eigenvalue weighted by Crippen LogP contribution is -2.35. The van der Waals surface area contributed by atoms with Gasteiger partial charge >= 0.3 is 0 Å². The van der Waals surface area contributed by atoms with Crippen molar-refractivity contribution < 1.29 is 26.3 Å².